The molecular weight excluding hydrogens is 320 g/mol. The van der Waals surface area contributed by atoms with E-state index < -0.39 is 10.0 Å². The molecule has 1 aromatic heterocycles. The van der Waals surface area contributed by atoms with Crippen molar-refractivity contribution in [3.8, 4) is 0 Å². The molecule has 2 heterocycles. The number of halogens is 1. The van der Waals surface area contributed by atoms with Gasteiger partial charge in [-0.25, -0.2) is 8.42 Å². The minimum Gasteiger partial charge on any atom is -0.375 e. The molecule has 0 bridgehead atoms. The van der Waals surface area contributed by atoms with Gasteiger partial charge in [0.2, 0.25) is 10.0 Å². The second-order valence-electron chi connectivity index (χ2n) is 4.10. The van der Waals surface area contributed by atoms with E-state index in [4.69, 9.17) is 4.74 Å². The molecule has 1 unspecified atom stereocenters. The van der Waals surface area contributed by atoms with Crippen LogP contribution >= 0.6 is 15.9 Å². The van der Waals surface area contributed by atoms with Gasteiger partial charge in [-0.2, -0.15) is 4.31 Å². The van der Waals surface area contributed by atoms with Gasteiger partial charge in [-0.15, -0.1) is 0 Å². The Labute approximate surface area is 115 Å². The number of aromatic nitrogens is 1. The van der Waals surface area contributed by atoms with E-state index in [1.165, 1.54) is 10.5 Å². The van der Waals surface area contributed by atoms with Crippen LogP contribution in [0.5, 0.6) is 0 Å². The van der Waals surface area contributed by atoms with Crippen LogP contribution in [0.2, 0.25) is 0 Å². The molecule has 0 spiro atoms. The number of hydrogen-bond donors (Lipinski definition) is 0. The SMILES string of the molecule is CCC1CN(S(=O)(=O)c2cncc(Br)c2)CCO1. The zero-order valence-corrected chi connectivity index (χ0v) is 12.4. The molecule has 0 amide bonds. The van der Waals surface area contributed by atoms with E-state index >= 15 is 0 Å². The van der Waals surface area contributed by atoms with Crippen LogP contribution in [0, 0.1) is 0 Å². The van der Waals surface area contributed by atoms with Crippen molar-refractivity contribution >= 4 is 26.0 Å². The molecule has 7 heteroatoms. The second kappa shape index (κ2) is 5.64. The molecular formula is C11H15BrN2O3S. The molecule has 0 N–H and O–H groups in total. The van der Waals surface area contributed by atoms with E-state index in [9.17, 15) is 8.42 Å². The van der Waals surface area contributed by atoms with E-state index in [2.05, 4.69) is 20.9 Å². The summed E-state index contributed by atoms with van der Waals surface area (Å²) in [6, 6.07) is 1.57. The van der Waals surface area contributed by atoms with Gasteiger partial charge in [-0.3, -0.25) is 4.98 Å². The second-order valence-corrected chi connectivity index (χ2v) is 6.96. The van der Waals surface area contributed by atoms with Crippen LogP contribution in [-0.4, -0.2) is 43.5 Å². The third-order valence-electron chi connectivity index (χ3n) is 2.87. The lowest BCUT2D eigenvalue weighted by Gasteiger charge is -2.31. The van der Waals surface area contributed by atoms with Gasteiger partial charge in [0.1, 0.15) is 4.90 Å². The number of hydrogen-bond acceptors (Lipinski definition) is 4. The molecule has 1 aliphatic heterocycles. The molecule has 1 aliphatic rings. The van der Waals surface area contributed by atoms with Crippen LogP contribution < -0.4 is 0 Å². The predicted molar refractivity (Wildman–Crippen MR) is 70.7 cm³/mol. The molecule has 5 nitrogen and oxygen atoms in total. The van der Waals surface area contributed by atoms with Crippen LogP contribution in [0.4, 0.5) is 0 Å². The number of ether oxygens (including phenoxy) is 1. The standard InChI is InChI=1S/C11H15BrN2O3S/c1-2-10-8-14(3-4-17-10)18(15,16)11-5-9(12)6-13-7-11/h5-7,10H,2-4,8H2,1H3. The molecule has 1 atom stereocenters. The van der Waals surface area contributed by atoms with Gasteiger partial charge in [0.15, 0.2) is 0 Å². The summed E-state index contributed by atoms with van der Waals surface area (Å²) >= 11 is 3.23. The van der Waals surface area contributed by atoms with Crippen molar-refractivity contribution in [3.05, 3.63) is 22.9 Å². The maximum absolute atomic E-state index is 12.4. The first kappa shape index (κ1) is 13.9. The summed E-state index contributed by atoms with van der Waals surface area (Å²) in [5, 5.41) is 0. The van der Waals surface area contributed by atoms with Crippen LogP contribution in [0.25, 0.3) is 0 Å². The minimum absolute atomic E-state index is 0.0198. The molecule has 1 saturated heterocycles. The third kappa shape index (κ3) is 2.90. The lowest BCUT2D eigenvalue weighted by molar-refractivity contribution is -0.00278. The minimum atomic E-state index is -3.47. The number of sulfonamides is 1. The topological polar surface area (TPSA) is 59.5 Å². The number of rotatable bonds is 3. The van der Waals surface area contributed by atoms with E-state index in [1.54, 1.807) is 12.3 Å². The summed E-state index contributed by atoms with van der Waals surface area (Å²) in [4.78, 5) is 4.12. The van der Waals surface area contributed by atoms with Crippen LogP contribution in [-0.2, 0) is 14.8 Å². The zero-order valence-electron chi connectivity index (χ0n) is 10.0. The summed E-state index contributed by atoms with van der Waals surface area (Å²) in [5.41, 5.74) is 0. The van der Waals surface area contributed by atoms with Crippen LogP contribution in [0.15, 0.2) is 27.8 Å². The Morgan fingerprint density at radius 2 is 2.33 bits per heavy atom. The molecule has 0 saturated carbocycles. The van der Waals surface area contributed by atoms with Crippen molar-refractivity contribution in [2.45, 2.75) is 24.3 Å². The highest BCUT2D eigenvalue weighted by Gasteiger charge is 2.30. The van der Waals surface area contributed by atoms with Gasteiger partial charge in [-0.05, 0) is 28.4 Å². The van der Waals surface area contributed by atoms with E-state index in [-0.39, 0.29) is 11.0 Å². The predicted octanol–water partition coefficient (Wildman–Crippen LogP) is 1.64. The number of morpholine rings is 1. The molecule has 1 fully saturated rings. The summed E-state index contributed by atoms with van der Waals surface area (Å²) in [5.74, 6) is 0. The Balaban J connectivity index is 2.25. The van der Waals surface area contributed by atoms with E-state index in [1.807, 2.05) is 6.92 Å². The quantitative estimate of drug-likeness (QED) is 0.843. The summed E-state index contributed by atoms with van der Waals surface area (Å²) < 4.78 is 32.4. The Bertz CT molecular complexity index is 521. The number of pyridine rings is 1. The Morgan fingerprint density at radius 3 is 3.00 bits per heavy atom. The average molecular weight is 335 g/mol. The molecule has 2 rings (SSSR count). The van der Waals surface area contributed by atoms with Gasteiger partial charge in [-0.1, -0.05) is 6.92 Å². The third-order valence-corrected chi connectivity index (χ3v) is 5.14. The summed E-state index contributed by atoms with van der Waals surface area (Å²) in [6.07, 6.45) is 3.72. The van der Waals surface area contributed by atoms with E-state index in [0.29, 0.717) is 24.2 Å². The highest BCUT2D eigenvalue weighted by atomic mass is 79.9. The zero-order chi connectivity index (χ0) is 13.2. The van der Waals surface area contributed by atoms with Crippen molar-refractivity contribution in [1.29, 1.82) is 0 Å². The molecule has 1 aromatic rings. The molecule has 0 aromatic carbocycles. The average Bonchev–Trinajstić information content (AvgIpc) is 2.39. The van der Waals surface area contributed by atoms with Gasteiger partial charge in [0.05, 0.1) is 12.7 Å². The fourth-order valence-electron chi connectivity index (χ4n) is 1.84. The molecule has 100 valence electrons. The van der Waals surface area contributed by atoms with Gasteiger partial charge in [0.25, 0.3) is 0 Å². The van der Waals surface area contributed by atoms with Crippen molar-refractivity contribution < 1.29 is 13.2 Å². The monoisotopic (exact) mass is 334 g/mol. The highest BCUT2D eigenvalue weighted by Crippen LogP contribution is 2.21. The molecule has 18 heavy (non-hydrogen) atoms. The first-order valence-corrected chi connectivity index (χ1v) is 7.99. The number of nitrogens with zero attached hydrogens (tertiary/aromatic N) is 2. The van der Waals surface area contributed by atoms with E-state index in [0.717, 1.165) is 6.42 Å². The lowest BCUT2D eigenvalue weighted by Crippen LogP contribution is -2.45. The van der Waals surface area contributed by atoms with Gasteiger partial charge >= 0.3 is 0 Å². The van der Waals surface area contributed by atoms with Crippen molar-refractivity contribution in [2.75, 3.05) is 19.7 Å². The molecule has 0 aliphatic carbocycles. The lowest BCUT2D eigenvalue weighted by atomic mass is 10.2. The van der Waals surface area contributed by atoms with Crippen LogP contribution in [0.3, 0.4) is 0 Å². The first-order chi connectivity index (χ1) is 8.54. The smallest absolute Gasteiger partial charge is 0.244 e. The first-order valence-electron chi connectivity index (χ1n) is 5.76. The fraction of sp³-hybridized carbons (Fsp3) is 0.545. The summed E-state index contributed by atoms with van der Waals surface area (Å²) in [6.45, 7) is 3.23. The van der Waals surface area contributed by atoms with Gasteiger partial charge < -0.3 is 4.74 Å². The van der Waals surface area contributed by atoms with Crippen molar-refractivity contribution in [1.82, 2.24) is 9.29 Å². The Morgan fingerprint density at radius 1 is 1.56 bits per heavy atom. The normalized spacial score (nSPS) is 22.0. The Hall–Kier alpha value is -0.500. The largest absolute Gasteiger partial charge is 0.375 e. The fourth-order valence-corrected chi connectivity index (χ4v) is 3.80. The van der Waals surface area contributed by atoms with Gasteiger partial charge in [0, 0.05) is 30.0 Å². The maximum Gasteiger partial charge on any atom is 0.244 e. The Kier molecular flexibility index (Phi) is 4.37. The van der Waals surface area contributed by atoms with Crippen molar-refractivity contribution in [3.63, 3.8) is 0 Å². The maximum atomic E-state index is 12.4. The highest BCUT2D eigenvalue weighted by molar-refractivity contribution is 9.10. The van der Waals surface area contributed by atoms with Crippen LogP contribution in [0.1, 0.15) is 13.3 Å². The van der Waals surface area contributed by atoms with Crippen molar-refractivity contribution in [2.24, 2.45) is 0 Å². The molecule has 0 radical (unpaired) electrons. The summed E-state index contributed by atoms with van der Waals surface area (Å²) in [7, 11) is -3.47.